The number of hydrogen-bond donors (Lipinski definition) is 1. The maximum Gasteiger partial charge on any atom is 0.128 e. The Morgan fingerprint density at radius 3 is 2.71 bits per heavy atom. The number of nitrogens with zero attached hydrogens (tertiary/aromatic N) is 2. The van der Waals surface area contributed by atoms with E-state index in [4.69, 9.17) is 4.74 Å². The molecule has 0 aliphatic rings. The zero-order chi connectivity index (χ0) is 15.1. The Morgan fingerprint density at radius 2 is 2.05 bits per heavy atom. The van der Waals surface area contributed by atoms with Crippen LogP contribution in [0.4, 0.5) is 11.5 Å². The van der Waals surface area contributed by atoms with Crippen molar-refractivity contribution < 1.29 is 4.74 Å². The molecule has 0 aliphatic heterocycles. The van der Waals surface area contributed by atoms with Crippen LogP contribution in [0.15, 0.2) is 55.3 Å². The number of benzene rings is 1. The van der Waals surface area contributed by atoms with E-state index >= 15 is 0 Å². The van der Waals surface area contributed by atoms with Crippen LogP contribution in [0.2, 0.25) is 0 Å². The molecule has 0 saturated carbocycles. The summed E-state index contributed by atoms with van der Waals surface area (Å²) in [5.74, 6) is 1.82. The number of pyridine rings is 1. The standard InChI is InChI=1S/C17H21N3O/c1-4-11-21-16-8-6-5-7-14(16)12-18-15-9-10-17(19-13-15)20(2)3/h4-10,13,18H,1,11-12H2,2-3H3. The van der Waals surface area contributed by atoms with Crippen LogP contribution in [-0.2, 0) is 6.54 Å². The molecule has 1 aromatic carbocycles. The first-order valence-corrected chi connectivity index (χ1v) is 6.89. The fourth-order valence-electron chi connectivity index (χ4n) is 1.89. The van der Waals surface area contributed by atoms with Crippen molar-refractivity contribution >= 4 is 11.5 Å². The largest absolute Gasteiger partial charge is 0.489 e. The Bertz CT molecular complexity index is 579. The lowest BCUT2D eigenvalue weighted by molar-refractivity contribution is 0.359. The first kappa shape index (κ1) is 14.9. The van der Waals surface area contributed by atoms with Crippen LogP contribution in [0.25, 0.3) is 0 Å². The van der Waals surface area contributed by atoms with E-state index in [0.29, 0.717) is 13.2 Å². The summed E-state index contributed by atoms with van der Waals surface area (Å²) in [5, 5.41) is 3.36. The first-order chi connectivity index (χ1) is 10.2. The van der Waals surface area contributed by atoms with Gasteiger partial charge < -0.3 is 15.0 Å². The van der Waals surface area contributed by atoms with Crippen molar-refractivity contribution in [2.24, 2.45) is 0 Å². The van der Waals surface area contributed by atoms with E-state index < -0.39 is 0 Å². The maximum absolute atomic E-state index is 5.64. The minimum atomic E-state index is 0.510. The van der Waals surface area contributed by atoms with Crippen LogP contribution >= 0.6 is 0 Å². The number of hydrogen-bond acceptors (Lipinski definition) is 4. The monoisotopic (exact) mass is 283 g/mol. The van der Waals surface area contributed by atoms with Gasteiger partial charge in [-0.2, -0.15) is 0 Å². The van der Waals surface area contributed by atoms with Crippen LogP contribution in [0.1, 0.15) is 5.56 Å². The molecule has 0 saturated heterocycles. The molecule has 4 nitrogen and oxygen atoms in total. The van der Waals surface area contributed by atoms with Gasteiger partial charge in [-0.25, -0.2) is 4.98 Å². The lowest BCUT2D eigenvalue weighted by Gasteiger charge is -2.13. The van der Waals surface area contributed by atoms with Crippen molar-refractivity contribution in [1.29, 1.82) is 0 Å². The molecule has 0 unspecified atom stereocenters. The van der Waals surface area contributed by atoms with Crippen LogP contribution in [-0.4, -0.2) is 25.7 Å². The number of anilines is 2. The Labute approximate surface area is 126 Å². The highest BCUT2D eigenvalue weighted by Crippen LogP contribution is 2.20. The van der Waals surface area contributed by atoms with Crippen molar-refractivity contribution in [3.8, 4) is 5.75 Å². The second-order valence-electron chi connectivity index (χ2n) is 4.86. The van der Waals surface area contributed by atoms with Gasteiger partial charge in [0.25, 0.3) is 0 Å². The quantitative estimate of drug-likeness (QED) is 0.791. The summed E-state index contributed by atoms with van der Waals surface area (Å²) in [6.45, 7) is 4.87. The highest BCUT2D eigenvalue weighted by molar-refractivity contribution is 5.49. The minimum Gasteiger partial charge on any atom is -0.489 e. The SMILES string of the molecule is C=CCOc1ccccc1CNc1ccc(N(C)C)nc1. The van der Waals surface area contributed by atoms with E-state index in [-0.39, 0.29) is 0 Å². The number of ether oxygens (including phenoxy) is 1. The van der Waals surface area contributed by atoms with Gasteiger partial charge in [-0.1, -0.05) is 30.9 Å². The minimum absolute atomic E-state index is 0.510. The van der Waals surface area contributed by atoms with Crippen LogP contribution < -0.4 is 15.0 Å². The molecule has 0 spiro atoms. The van der Waals surface area contributed by atoms with Gasteiger partial charge in [-0.05, 0) is 18.2 Å². The van der Waals surface area contributed by atoms with Gasteiger partial charge in [0.15, 0.2) is 0 Å². The van der Waals surface area contributed by atoms with E-state index in [9.17, 15) is 0 Å². The lowest BCUT2D eigenvalue weighted by Crippen LogP contribution is -2.10. The second-order valence-corrected chi connectivity index (χ2v) is 4.86. The van der Waals surface area contributed by atoms with Gasteiger partial charge in [-0.15, -0.1) is 0 Å². The Kier molecular flexibility index (Phi) is 5.21. The highest BCUT2D eigenvalue weighted by atomic mass is 16.5. The Balaban J connectivity index is 2.00. The molecular weight excluding hydrogens is 262 g/mol. The van der Waals surface area contributed by atoms with Crippen molar-refractivity contribution in [2.75, 3.05) is 30.9 Å². The molecule has 2 aromatic rings. The third kappa shape index (κ3) is 4.24. The summed E-state index contributed by atoms with van der Waals surface area (Å²) in [4.78, 5) is 6.36. The number of rotatable bonds is 7. The van der Waals surface area contributed by atoms with Crippen LogP contribution in [0.3, 0.4) is 0 Å². The first-order valence-electron chi connectivity index (χ1n) is 6.89. The van der Waals surface area contributed by atoms with Crippen molar-refractivity contribution in [3.63, 3.8) is 0 Å². The summed E-state index contributed by atoms with van der Waals surface area (Å²) < 4.78 is 5.64. The number of aromatic nitrogens is 1. The van der Waals surface area contributed by atoms with Gasteiger partial charge in [0.05, 0.1) is 11.9 Å². The van der Waals surface area contributed by atoms with Gasteiger partial charge in [-0.3, -0.25) is 0 Å². The molecule has 1 aromatic heterocycles. The zero-order valence-electron chi connectivity index (χ0n) is 12.5. The summed E-state index contributed by atoms with van der Waals surface area (Å²) >= 11 is 0. The smallest absolute Gasteiger partial charge is 0.128 e. The van der Waals surface area contributed by atoms with Crippen molar-refractivity contribution in [3.05, 3.63) is 60.8 Å². The van der Waals surface area contributed by atoms with Crippen molar-refractivity contribution in [1.82, 2.24) is 4.98 Å². The number of nitrogens with one attached hydrogen (secondary N) is 1. The highest BCUT2D eigenvalue weighted by Gasteiger charge is 2.03. The summed E-state index contributed by atoms with van der Waals surface area (Å²) in [6, 6.07) is 12.0. The van der Waals surface area contributed by atoms with E-state index in [1.807, 2.05) is 61.6 Å². The maximum atomic E-state index is 5.64. The lowest BCUT2D eigenvalue weighted by atomic mass is 10.2. The number of para-hydroxylation sites is 1. The molecule has 2 rings (SSSR count). The predicted octanol–water partition coefficient (Wildman–Crippen LogP) is 3.32. The summed E-state index contributed by atoms with van der Waals surface area (Å²) in [5.41, 5.74) is 2.09. The van der Waals surface area contributed by atoms with E-state index in [1.165, 1.54) is 0 Å². The van der Waals surface area contributed by atoms with Gasteiger partial charge in [0, 0.05) is 26.2 Å². The molecule has 0 atom stereocenters. The van der Waals surface area contributed by atoms with Gasteiger partial charge in [0.1, 0.15) is 18.2 Å². The van der Waals surface area contributed by atoms with Crippen LogP contribution in [0.5, 0.6) is 5.75 Å². The normalized spacial score (nSPS) is 10.0. The molecule has 1 heterocycles. The molecule has 0 radical (unpaired) electrons. The van der Waals surface area contributed by atoms with E-state index in [2.05, 4.69) is 16.9 Å². The second kappa shape index (κ2) is 7.33. The topological polar surface area (TPSA) is 37.4 Å². The third-order valence-electron chi connectivity index (χ3n) is 3.02. The zero-order valence-corrected chi connectivity index (χ0v) is 12.5. The Morgan fingerprint density at radius 1 is 1.24 bits per heavy atom. The molecule has 1 N–H and O–H groups in total. The third-order valence-corrected chi connectivity index (χ3v) is 3.02. The predicted molar refractivity (Wildman–Crippen MR) is 88.0 cm³/mol. The van der Waals surface area contributed by atoms with Crippen molar-refractivity contribution in [2.45, 2.75) is 6.54 Å². The summed E-state index contributed by atoms with van der Waals surface area (Å²) in [6.07, 6.45) is 3.58. The molecule has 0 fully saturated rings. The molecule has 0 amide bonds. The molecule has 4 heteroatoms. The van der Waals surface area contributed by atoms with Crippen LogP contribution in [0, 0.1) is 0 Å². The molecule has 21 heavy (non-hydrogen) atoms. The van der Waals surface area contributed by atoms with E-state index in [1.54, 1.807) is 6.08 Å². The van der Waals surface area contributed by atoms with E-state index in [0.717, 1.165) is 22.8 Å². The van der Waals surface area contributed by atoms with Gasteiger partial charge in [0.2, 0.25) is 0 Å². The fourth-order valence-corrected chi connectivity index (χ4v) is 1.89. The molecule has 0 bridgehead atoms. The molecular formula is C17H21N3O. The van der Waals surface area contributed by atoms with Gasteiger partial charge >= 0.3 is 0 Å². The average Bonchev–Trinajstić information content (AvgIpc) is 2.52. The molecule has 110 valence electrons. The summed E-state index contributed by atoms with van der Waals surface area (Å²) in [7, 11) is 3.95. The average molecular weight is 283 g/mol. The molecule has 0 aliphatic carbocycles. The fraction of sp³-hybridized carbons (Fsp3) is 0.235. The Hall–Kier alpha value is -2.49.